The van der Waals surface area contributed by atoms with E-state index in [1.165, 1.54) is 12.5 Å². The van der Waals surface area contributed by atoms with E-state index in [2.05, 4.69) is 25.9 Å². The molecule has 0 saturated heterocycles. The molecule has 1 rings (SSSR count). The van der Waals surface area contributed by atoms with E-state index in [9.17, 15) is 29.4 Å². The van der Waals surface area contributed by atoms with Gasteiger partial charge in [-0.25, -0.2) is 9.78 Å². The number of carboxylic acids is 1. The molecule has 0 spiro atoms. The average Bonchev–Trinajstić information content (AvgIpc) is 3.28. The molecule has 1 aromatic heterocycles. The minimum atomic E-state index is -1.42. The van der Waals surface area contributed by atoms with Crippen LogP contribution < -0.4 is 27.4 Å². The maximum Gasteiger partial charge on any atom is 0.326 e. The normalized spacial score (nSPS) is 14.6. The number of imidazole rings is 1. The molecule has 10 N–H and O–H groups in total. The first kappa shape index (κ1) is 29.0. The SMILES string of the molecule is CC(C)CC(N)C(=O)NC(Cc1cnc[nH]1)C(=O)NC(CO)C(=O)NC(CCCCN)C(=O)O. The summed E-state index contributed by atoms with van der Waals surface area (Å²) < 4.78 is 0. The van der Waals surface area contributed by atoms with E-state index in [-0.39, 0.29) is 18.8 Å². The Labute approximate surface area is 198 Å². The van der Waals surface area contributed by atoms with Gasteiger partial charge >= 0.3 is 5.97 Å². The van der Waals surface area contributed by atoms with Gasteiger partial charge in [0.15, 0.2) is 0 Å². The molecule has 13 heteroatoms. The summed E-state index contributed by atoms with van der Waals surface area (Å²) in [4.78, 5) is 56.2. The number of amides is 3. The van der Waals surface area contributed by atoms with Gasteiger partial charge in [0.2, 0.25) is 17.7 Å². The lowest BCUT2D eigenvalue weighted by molar-refractivity contribution is -0.142. The number of aliphatic hydroxyl groups is 1. The van der Waals surface area contributed by atoms with E-state index in [1.807, 2.05) is 13.8 Å². The van der Waals surface area contributed by atoms with Crippen molar-refractivity contribution in [2.45, 2.75) is 70.1 Å². The van der Waals surface area contributed by atoms with Crippen molar-refractivity contribution in [3.8, 4) is 0 Å². The number of rotatable bonds is 16. The summed E-state index contributed by atoms with van der Waals surface area (Å²) in [6, 6.07) is -4.57. The van der Waals surface area contributed by atoms with Gasteiger partial charge in [-0.3, -0.25) is 14.4 Å². The molecule has 1 aromatic rings. The molecule has 0 aliphatic carbocycles. The summed E-state index contributed by atoms with van der Waals surface area (Å²) >= 11 is 0. The van der Waals surface area contributed by atoms with Crippen LogP contribution in [0.25, 0.3) is 0 Å². The molecule has 13 nitrogen and oxygen atoms in total. The van der Waals surface area contributed by atoms with Gasteiger partial charge in [0.05, 0.1) is 19.0 Å². The lowest BCUT2D eigenvalue weighted by Crippen LogP contribution is -2.58. The van der Waals surface area contributed by atoms with Crippen LogP contribution in [0.2, 0.25) is 0 Å². The maximum atomic E-state index is 12.9. The Hall–Kier alpha value is -3.03. The van der Waals surface area contributed by atoms with Gasteiger partial charge in [-0.2, -0.15) is 0 Å². The van der Waals surface area contributed by atoms with Crippen LogP contribution in [0.5, 0.6) is 0 Å². The summed E-state index contributed by atoms with van der Waals surface area (Å²) in [6.07, 6.45) is 4.56. The molecule has 0 saturated carbocycles. The number of aromatic amines is 1. The van der Waals surface area contributed by atoms with Crippen molar-refractivity contribution in [3.05, 3.63) is 18.2 Å². The van der Waals surface area contributed by atoms with E-state index in [0.29, 0.717) is 31.5 Å². The number of hydrogen-bond donors (Lipinski definition) is 8. The summed E-state index contributed by atoms with van der Waals surface area (Å²) in [7, 11) is 0. The largest absolute Gasteiger partial charge is 0.480 e. The molecular weight excluding hydrogens is 446 g/mol. The number of aliphatic carboxylic acids is 1. The number of aromatic nitrogens is 2. The zero-order valence-corrected chi connectivity index (χ0v) is 19.6. The Morgan fingerprint density at radius 2 is 1.65 bits per heavy atom. The number of hydrogen-bond acceptors (Lipinski definition) is 8. The highest BCUT2D eigenvalue weighted by atomic mass is 16.4. The molecular formula is C21H37N7O6. The number of aliphatic hydroxyl groups excluding tert-OH is 1. The van der Waals surface area contributed by atoms with Gasteiger partial charge in [0, 0.05) is 18.3 Å². The predicted octanol–water partition coefficient (Wildman–Crippen LogP) is -2.01. The van der Waals surface area contributed by atoms with Crippen LogP contribution in [-0.2, 0) is 25.6 Å². The molecule has 4 atom stereocenters. The highest BCUT2D eigenvalue weighted by Gasteiger charge is 2.30. The van der Waals surface area contributed by atoms with Crippen LogP contribution in [0, 0.1) is 5.92 Å². The van der Waals surface area contributed by atoms with Gasteiger partial charge in [-0.1, -0.05) is 13.8 Å². The van der Waals surface area contributed by atoms with Gasteiger partial charge in [-0.05, 0) is 38.1 Å². The highest BCUT2D eigenvalue weighted by Crippen LogP contribution is 2.06. The lowest BCUT2D eigenvalue weighted by Gasteiger charge is -2.24. The third-order valence-electron chi connectivity index (χ3n) is 5.05. The molecule has 0 aliphatic rings. The van der Waals surface area contributed by atoms with Crippen molar-refractivity contribution >= 4 is 23.7 Å². The fourth-order valence-electron chi connectivity index (χ4n) is 3.21. The minimum Gasteiger partial charge on any atom is -0.480 e. The molecule has 0 aromatic carbocycles. The molecule has 1 heterocycles. The van der Waals surface area contributed by atoms with E-state index >= 15 is 0 Å². The smallest absolute Gasteiger partial charge is 0.326 e. The number of unbranched alkanes of at least 4 members (excludes halogenated alkanes) is 1. The number of H-pyrrole nitrogens is 1. The Kier molecular flexibility index (Phi) is 12.8. The van der Waals surface area contributed by atoms with Crippen molar-refractivity contribution in [2.75, 3.05) is 13.2 Å². The Morgan fingerprint density at radius 1 is 1.03 bits per heavy atom. The molecule has 192 valence electrons. The quantitative estimate of drug-likeness (QED) is 0.121. The van der Waals surface area contributed by atoms with Crippen LogP contribution in [0.1, 0.15) is 45.2 Å². The van der Waals surface area contributed by atoms with Gasteiger partial charge in [0.25, 0.3) is 0 Å². The number of nitrogens with one attached hydrogen (secondary N) is 4. The fraction of sp³-hybridized carbons (Fsp3) is 0.667. The second-order valence-corrected chi connectivity index (χ2v) is 8.51. The van der Waals surface area contributed by atoms with Crippen molar-refractivity contribution in [3.63, 3.8) is 0 Å². The predicted molar refractivity (Wildman–Crippen MR) is 123 cm³/mol. The van der Waals surface area contributed by atoms with Crippen LogP contribution in [0.15, 0.2) is 12.5 Å². The number of nitrogens with two attached hydrogens (primary N) is 2. The highest BCUT2D eigenvalue weighted by molar-refractivity contribution is 5.94. The van der Waals surface area contributed by atoms with Gasteiger partial charge in [-0.15, -0.1) is 0 Å². The van der Waals surface area contributed by atoms with Crippen LogP contribution >= 0.6 is 0 Å². The molecule has 4 unspecified atom stereocenters. The Balaban J connectivity index is 2.88. The molecule has 34 heavy (non-hydrogen) atoms. The lowest BCUT2D eigenvalue weighted by atomic mass is 10.0. The summed E-state index contributed by atoms with van der Waals surface area (Å²) in [6.45, 7) is 3.43. The Bertz CT molecular complexity index is 787. The van der Waals surface area contributed by atoms with Crippen molar-refractivity contribution in [2.24, 2.45) is 17.4 Å². The fourth-order valence-corrected chi connectivity index (χ4v) is 3.21. The van der Waals surface area contributed by atoms with Crippen molar-refractivity contribution < 1.29 is 29.4 Å². The third-order valence-corrected chi connectivity index (χ3v) is 5.05. The van der Waals surface area contributed by atoms with E-state index < -0.39 is 54.5 Å². The van der Waals surface area contributed by atoms with Crippen LogP contribution in [-0.4, -0.2) is 81.2 Å². The minimum absolute atomic E-state index is 0.0303. The number of carbonyl (C=O) groups is 4. The standard InChI is InChI=1S/C21H37N7O6/c1-12(2)7-14(23)18(30)27-16(8-13-9-24-11-25-13)19(31)28-17(10-29)20(32)26-15(21(33)34)5-3-4-6-22/h9,11-12,14-17,29H,3-8,10,22-23H2,1-2H3,(H,24,25)(H,26,32)(H,27,30)(H,28,31)(H,33,34). The number of nitrogens with zero attached hydrogens (tertiary/aromatic N) is 1. The Morgan fingerprint density at radius 3 is 2.18 bits per heavy atom. The number of carbonyl (C=O) groups excluding carboxylic acids is 3. The summed E-state index contributed by atoms with van der Waals surface area (Å²) in [5.74, 6) is -3.22. The zero-order chi connectivity index (χ0) is 25.7. The molecule has 3 amide bonds. The maximum absolute atomic E-state index is 12.9. The summed E-state index contributed by atoms with van der Waals surface area (Å²) in [5.41, 5.74) is 11.9. The topological polar surface area (TPSA) is 226 Å². The van der Waals surface area contributed by atoms with E-state index in [0.717, 1.165) is 0 Å². The van der Waals surface area contributed by atoms with Gasteiger partial charge in [0.1, 0.15) is 18.1 Å². The average molecular weight is 484 g/mol. The van der Waals surface area contributed by atoms with Gasteiger partial charge < -0.3 is 42.6 Å². The second-order valence-electron chi connectivity index (χ2n) is 8.51. The molecule has 0 radical (unpaired) electrons. The molecule has 0 aliphatic heterocycles. The van der Waals surface area contributed by atoms with E-state index in [4.69, 9.17) is 11.5 Å². The third kappa shape index (κ3) is 10.3. The van der Waals surface area contributed by atoms with Crippen molar-refractivity contribution in [1.82, 2.24) is 25.9 Å². The summed E-state index contributed by atoms with van der Waals surface area (Å²) in [5, 5.41) is 26.3. The van der Waals surface area contributed by atoms with E-state index in [1.54, 1.807) is 0 Å². The van der Waals surface area contributed by atoms with Crippen molar-refractivity contribution in [1.29, 1.82) is 0 Å². The van der Waals surface area contributed by atoms with Crippen LogP contribution in [0.4, 0.5) is 0 Å². The monoisotopic (exact) mass is 483 g/mol. The second kappa shape index (κ2) is 15.0. The first-order chi connectivity index (χ1) is 16.1. The van der Waals surface area contributed by atoms with Crippen LogP contribution in [0.3, 0.4) is 0 Å². The first-order valence-corrected chi connectivity index (χ1v) is 11.3. The number of carboxylic acid groups (broad SMARTS) is 1. The molecule has 0 bridgehead atoms. The molecule has 0 fully saturated rings. The first-order valence-electron chi connectivity index (χ1n) is 11.3. The zero-order valence-electron chi connectivity index (χ0n) is 19.6.